The fraction of sp³-hybridized carbons (Fsp3) is 0.133. The van der Waals surface area contributed by atoms with E-state index in [9.17, 15) is 9.90 Å². The fourth-order valence-electron chi connectivity index (χ4n) is 1.71. The Balaban J connectivity index is 1.96. The van der Waals surface area contributed by atoms with E-state index in [1.54, 1.807) is 30.3 Å². The van der Waals surface area contributed by atoms with Crippen molar-refractivity contribution in [2.24, 2.45) is 0 Å². The third kappa shape index (κ3) is 4.37. The van der Waals surface area contributed by atoms with Crippen molar-refractivity contribution in [1.82, 2.24) is 0 Å². The molecule has 21 heavy (non-hydrogen) atoms. The van der Waals surface area contributed by atoms with Gasteiger partial charge in [-0.15, -0.1) is 0 Å². The second-order valence-corrected chi connectivity index (χ2v) is 5.76. The number of anilines is 1. The number of halogens is 2. The molecule has 0 saturated heterocycles. The standard InChI is InChI=1S/C15H13BrClNO3/c1-9-6-11(17)3-5-14(9)21-8-15(20)18-12-4-2-10(16)7-13(12)19/h2-7,19H,8H2,1H3,(H,18,20). The highest BCUT2D eigenvalue weighted by molar-refractivity contribution is 9.10. The number of hydrogen-bond acceptors (Lipinski definition) is 3. The van der Waals surface area contributed by atoms with Crippen LogP contribution in [-0.4, -0.2) is 17.6 Å². The number of amides is 1. The van der Waals surface area contributed by atoms with E-state index >= 15 is 0 Å². The molecule has 1 amide bonds. The van der Waals surface area contributed by atoms with E-state index in [-0.39, 0.29) is 18.3 Å². The lowest BCUT2D eigenvalue weighted by atomic mass is 10.2. The molecule has 6 heteroatoms. The van der Waals surface area contributed by atoms with Gasteiger partial charge in [0.15, 0.2) is 6.61 Å². The number of aryl methyl sites for hydroxylation is 1. The Labute approximate surface area is 135 Å². The summed E-state index contributed by atoms with van der Waals surface area (Å²) in [4.78, 5) is 11.8. The molecular formula is C15H13BrClNO3. The molecule has 0 aliphatic carbocycles. The molecule has 0 aromatic heterocycles. The first-order chi connectivity index (χ1) is 9.95. The number of hydrogen-bond donors (Lipinski definition) is 2. The molecule has 4 nitrogen and oxygen atoms in total. The van der Waals surface area contributed by atoms with E-state index in [0.29, 0.717) is 16.5 Å². The molecule has 2 aromatic carbocycles. The summed E-state index contributed by atoms with van der Waals surface area (Å²) in [6.07, 6.45) is 0. The van der Waals surface area contributed by atoms with Crippen molar-refractivity contribution in [2.75, 3.05) is 11.9 Å². The SMILES string of the molecule is Cc1cc(Cl)ccc1OCC(=O)Nc1ccc(Br)cc1O. The minimum atomic E-state index is -0.359. The van der Waals surface area contributed by atoms with Crippen LogP contribution in [0.4, 0.5) is 5.69 Å². The van der Waals surface area contributed by atoms with Gasteiger partial charge in [-0.25, -0.2) is 0 Å². The number of nitrogens with one attached hydrogen (secondary N) is 1. The lowest BCUT2D eigenvalue weighted by molar-refractivity contribution is -0.118. The van der Waals surface area contributed by atoms with Crippen LogP contribution in [-0.2, 0) is 4.79 Å². The van der Waals surface area contributed by atoms with Gasteiger partial charge in [-0.05, 0) is 48.9 Å². The van der Waals surface area contributed by atoms with Gasteiger partial charge in [0.25, 0.3) is 5.91 Å². The van der Waals surface area contributed by atoms with Gasteiger partial charge in [0, 0.05) is 9.50 Å². The molecule has 0 aliphatic rings. The van der Waals surface area contributed by atoms with Gasteiger partial charge >= 0.3 is 0 Å². The fourth-order valence-corrected chi connectivity index (χ4v) is 2.29. The average Bonchev–Trinajstić information content (AvgIpc) is 2.41. The van der Waals surface area contributed by atoms with Crippen LogP contribution in [0, 0.1) is 6.92 Å². The highest BCUT2D eigenvalue weighted by Gasteiger charge is 2.08. The topological polar surface area (TPSA) is 58.6 Å². The number of phenols is 1. The zero-order valence-corrected chi connectivity index (χ0v) is 13.5. The van der Waals surface area contributed by atoms with Gasteiger partial charge in [0.2, 0.25) is 0 Å². The molecule has 0 fully saturated rings. The zero-order chi connectivity index (χ0) is 15.4. The van der Waals surface area contributed by atoms with Crippen molar-refractivity contribution in [2.45, 2.75) is 6.92 Å². The monoisotopic (exact) mass is 369 g/mol. The van der Waals surface area contributed by atoms with Crippen LogP contribution < -0.4 is 10.1 Å². The maximum absolute atomic E-state index is 11.8. The van der Waals surface area contributed by atoms with Gasteiger partial charge in [-0.2, -0.15) is 0 Å². The largest absolute Gasteiger partial charge is 0.506 e. The molecule has 0 radical (unpaired) electrons. The number of aromatic hydroxyl groups is 1. The Morgan fingerprint density at radius 3 is 2.76 bits per heavy atom. The summed E-state index contributed by atoms with van der Waals surface area (Å²) in [6.45, 7) is 1.69. The summed E-state index contributed by atoms with van der Waals surface area (Å²) in [5, 5.41) is 12.9. The van der Waals surface area contributed by atoms with Crippen LogP contribution >= 0.6 is 27.5 Å². The Bertz CT molecular complexity index is 676. The smallest absolute Gasteiger partial charge is 0.262 e. The van der Waals surface area contributed by atoms with E-state index in [1.807, 2.05) is 6.92 Å². The van der Waals surface area contributed by atoms with Crippen LogP contribution in [0.25, 0.3) is 0 Å². The number of phenolic OH excluding ortho intramolecular Hbond substituents is 1. The quantitative estimate of drug-likeness (QED) is 0.796. The molecule has 2 rings (SSSR count). The molecule has 110 valence electrons. The minimum Gasteiger partial charge on any atom is -0.506 e. The maximum Gasteiger partial charge on any atom is 0.262 e. The predicted octanol–water partition coefficient (Wildman–Crippen LogP) is 4.13. The molecule has 0 spiro atoms. The van der Waals surface area contributed by atoms with Gasteiger partial charge in [0.1, 0.15) is 11.5 Å². The van der Waals surface area contributed by atoms with Crippen LogP contribution in [0.3, 0.4) is 0 Å². The summed E-state index contributed by atoms with van der Waals surface area (Å²) in [5.41, 5.74) is 1.18. The van der Waals surface area contributed by atoms with E-state index < -0.39 is 0 Å². The van der Waals surface area contributed by atoms with Crippen molar-refractivity contribution in [3.05, 3.63) is 51.5 Å². The van der Waals surface area contributed by atoms with E-state index in [0.717, 1.165) is 10.0 Å². The van der Waals surface area contributed by atoms with Crippen molar-refractivity contribution < 1.29 is 14.6 Å². The predicted molar refractivity (Wildman–Crippen MR) is 86.1 cm³/mol. The Morgan fingerprint density at radius 1 is 1.33 bits per heavy atom. The summed E-state index contributed by atoms with van der Waals surface area (Å²) >= 11 is 9.08. The Kier molecular flexibility index (Phi) is 5.09. The van der Waals surface area contributed by atoms with Crippen molar-refractivity contribution >= 4 is 39.1 Å². The van der Waals surface area contributed by atoms with Gasteiger partial charge < -0.3 is 15.2 Å². The zero-order valence-electron chi connectivity index (χ0n) is 11.2. The van der Waals surface area contributed by atoms with E-state index in [1.165, 1.54) is 6.07 Å². The van der Waals surface area contributed by atoms with Crippen molar-refractivity contribution in [1.29, 1.82) is 0 Å². The summed E-state index contributed by atoms with van der Waals surface area (Å²) in [5.74, 6) is 0.219. The van der Waals surface area contributed by atoms with E-state index in [2.05, 4.69) is 21.2 Å². The molecule has 0 bridgehead atoms. The molecule has 2 N–H and O–H groups in total. The number of ether oxygens (including phenoxy) is 1. The molecule has 0 unspecified atom stereocenters. The number of carbonyl (C=O) groups is 1. The van der Waals surface area contributed by atoms with Gasteiger partial charge in [-0.1, -0.05) is 27.5 Å². The van der Waals surface area contributed by atoms with Crippen LogP contribution in [0.1, 0.15) is 5.56 Å². The third-order valence-corrected chi connectivity index (χ3v) is 3.46. The van der Waals surface area contributed by atoms with Crippen LogP contribution in [0.2, 0.25) is 5.02 Å². The molecule has 0 saturated carbocycles. The number of rotatable bonds is 4. The normalized spacial score (nSPS) is 10.2. The highest BCUT2D eigenvalue weighted by Crippen LogP contribution is 2.27. The third-order valence-electron chi connectivity index (χ3n) is 2.73. The molecule has 0 aliphatic heterocycles. The first kappa shape index (κ1) is 15.7. The molecule has 2 aromatic rings. The first-order valence-corrected chi connectivity index (χ1v) is 7.30. The highest BCUT2D eigenvalue weighted by atomic mass is 79.9. The van der Waals surface area contributed by atoms with Crippen LogP contribution in [0.15, 0.2) is 40.9 Å². The first-order valence-electron chi connectivity index (χ1n) is 6.13. The second-order valence-electron chi connectivity index (χ2n) is 4.41. The summed E-state index contributed by atoms with van der Waals surface area (Å²) < 4.78 is 6.16. The summed E-state index contributed by atoms with van der Waals surface area (Å²) in [7, 11) is 0. The lowest BCUT2D eigenvalue weighted by Crippen LogP contribution is -2.20. The number of benzene rings is 2. The maximum atomic E-state index is 11.8. The molecule has 0 atom stereocenters. The van der Waals surface area contributed by atoms with Crippen molar-refractivity contribution in [3.63, 3.8) is 0 Å². The van der Waals surface area contributed by atoms with E-state index in [4.69, 9.17) is 16.3 Å². The summed E-state index contributed by atoms with van der Waals surface area (Å²) in [6, 6.07) is 9.99. The number of carbonyl (C=O) groups excluding carboxylic acids is 1. The lowest BCUT2D eigenvalue weighted by Gasteiger charge is -2.10. The molecular weight excluding hydrogens is 358 g/mol. The minimum absolute atomic E-state index is 0.0135. The van der Waals surface area contributed by atoms with Crippen molar-refractivity contribution in [3.8, 4) is 11.5 Å². The Morgan fingerprint density at radius 2 is 2.10 bits per heavy atom. The average molecular weight is 371 g/mol. The Hall–Kier alpha value is -1.72. The second kappa shape index (κ2) is 6.83. The van der Waals surface area contributed by atoms with Crippen LogP contribution in [0.5, 0.6) is 11.5 Å². The van der Waals surface area contributed by atoms with Gasteiger partial charge in [-0.3, -0.25) is 4.79 Å². The molecule has 0 heterocycles. The van der Waals surface area contributed by atoms with Gasteiger partial charge in [0.05, 0.1) is 5.69 Å².